The number of benzene rings is 2. The Hall–Kier alpha value is -2.04. The highest BCUT2D eigenvalue weighted by Gasteiger charge is 2.13. The highest BCUT2D eigenvalue weighted by molar-refractivity contribution is 6.35. The summed E-state index contributed by atoms with van der Waals surface area (Å²) in [4.78, 5) is 24.1. The topological polar surface area (TPSA) is 58.2 Å². The van der Waals surface area contributed by atoms with Crippen molar-refractivity contribution >= 4 is 46.4 Å². The van der Waals surface area contributed by atoms with E-state index in [0.29, 0.717) is 15.7 Å². The first-order valence-electron chi connectivity index (χ1n) is 7.38. The standard InChI is InChI=1S/C18H18Cl2N2O2/c1-10-4-11(2)18(12(3)5-10)22-17(24)9-16(23)21-15-7-13(19)6-14(20)8-15/h4-8H,9H2,1-3H3,(H,21,23)(H,22,24). The van der Waals surface area contributed by atoms with E-state index in [1.807, 2.05) is 32.9 Å². The van der Waals surface area contributed by atoms with Gasteiger partial charge in [-0.05, 0) is 50.1 Å². The average Bonchev–Trinajstić information content (AvgIpc) is 2.41. The maximum absolute atomic E-state index is 12.1. The number of halogens is 2. The summed E-state index contributed by atoms with van der Waals surface area (Å²) in [6.07, 6.45) is -0.295. The fourth-order valence-corrected chi connectivity index (χ4v) is 3.06. The molecule has 2 N–H and O–H groups in total. The third kappa shape index (κ3) is 4.98. The fraction of sp³-hybridized carbons (Fsp3) is 0.222. The average molecular weight is 365 g/mol. The third-order valence-corrected chi connectivity index (χ3v) is 3.85. The Bertz CT molecular complexity index is 760. The SMILES string of the molecule is Cc1cc(C)c(NC(=O)CC(=O)Nc2cc(Cl)cc(Cl)c2)c(C)c1. The summed E-state index contributed by atoms with van der Waals surface area (Å²) in [5.41, 5.74) is 4.24. The van der Waals surface area contributed by atoms with E-state index in [-0.39, 0.29) is 12.3 Å². The van der Waals surface area contributed by atoms with Gasteiger partial charge in [-0.2, -0.15) is 0 Å². The molecule has 0 atom stereocenters. The van der Waals surface area contributed by atoms with E-state index in [9.17, 15) is 9.59 Å². The van der Waals surface area contributed by atoms with Crippen LogP contribution in [0, 0.1) is 20.8 Å². The normalized spacial score (nSPS) is 10.4. The molecule has 126 valence electrons. The first kappa shape index (κ1) is 18.3. The molecule has 0 aliphatic carbocycles. The molecule has 24 heavy (non-hydrogen) atoms. The zero-order valence-electron chi connectivity index (χ0n) is 13.7. The van der Waals surface area contributed by atoms with E-state index < -0.39 is 5.91 Å². The van der Waals surface area contributed by atoms with Gasteiger partial charge in [0.25, 0.3) is 0 Å². The first-order chi connectivity index (χ1) is 11.2. The van der Waals surface area contributed by atoms with Crippen LogP contribution in [0.5, 0.6) is 0 Å². The maximum atomic E-state index is 12.1. The molecule has 0 aliphatic heterocycles. The summed E-state index contributed by atoms with van der Waals surface area (Å²) in [5, 5.41) is 6.22. The number of nitrogens with one attached hydrogen (secondary N) is 2. The second kappa shape index (κ2) is 7.69. The lowest BCUT2D eigenvalue weighted by Crippen LogP contribution is -2.22. The summed E-state index contributed by atoms with van der Waals surface area (Å²) < 4.78 is 0. The monoisotopic (exact) mass is 364 g/mol. The number of carbonyl (C=O) groups is 2. The Balaban J connectivity index is 2.01. The van der Waals surface area contributed by atoms with Gasteiger partial charge >= 0.3 is 0 Å². The van der Waals surface area contributed by atoms with Crippen LogP contribution in [0.25, 0.3) is 0 Å². The zero-order valence-corrected chi connectivity index (χ0v) is 15.2. The number of hydrogen-bond acceptors (Lipinski definition) is 2. The number of aryl methyl sites for hydroxylation is 3. The number of amides is 2. The van der Waals surface area contributed by atoms with Crippen molar-refractivity contribution in [1.29, 1.82) is 0 Å². The van der Waals surface area contributed by atoms with E-state index in [0.717, 1.165) is 22.4 Å². The molecule has 0 aliphatic rings. The molecule has 0 saturated heterocycles. The first-order valence-corrected chi connectivity index (χ1v) is 8.14. The summed E-state index contributed by atoms with van der Waals surface area (Å²) in [7, 11) is 0. The molecular formula is C18H18Cl2N2O2. The van der Waals surface area contributed by atoms with Crippen LogP contribution in [0.3, 0.4) is 0 Å². The van der Waals surface area contributed by atoms with Crippen LogP contribution >= 0.6 is 23.2 Å². The van der Waals surface area contributed by atoms with E-state index in [4.69, 9.17) is 23.2 Å². The number of rotatable bonds is 4. The largest absolute Gasteiger partial charge is 0.326 e. The molecule has 0 bridgehead atoms. The molecule has 0 heterocycles. The van der Waals surface area contributed by atoms with Crippen molar-refractivity contribution in [1.82, 2.24) is 0 Å². The lowest BCUT2D eigenvalue weighted by Gasteiger charge is -2.13. The van der Waals surface area contributed by atoms with Crippen molar-refractivity contribution in [2.75, 3.05) is 10.6 Å². The van der Waals surface area contributed by atoms with Gasteiger partial charge in [0.2, 0.25) is 11.8 Å². The highest BCUT2D eigenvalue weighted by atomic mass is 35.5. The fourth-order valence-electron chi connectivity index (χ4n) is 2.54. The number of carbonyl (C=O) groups excluding carboxylic acids is 2. The van der Waals surface area contributed by atoms with Crippen LogP contribution in [0.15, 0.2) is 30.3 Å². The quantitative estimate of drug-likeness (QED) is 0.759. The number of hydrogen-bond donors (Lipinski definition) is 2. The predicted octanol–water partition coefficient (Wildman–Crippen LogP) is 4.89. The molecule has 6 heteroatoms. The van der Waals surface area contributed by atoms with E-state index in [1.54, 1.807) is 18.2 Å². The molecule has 4 nitrogen and oxygen atoms in total. The van der Waals surface area contributed by atoms with Crippen molar-refractivity contribution in [2.24, 2.45) is 0 Å². The molecule has 2 aromatic rings. The van der Waals surface area contributed by atoms with Gasteiger partial charge in [-0.25, -0.2) is 0 Å². The molecule has 2 rings (SSSR count). The Morgan fingerprint density at radius 1 is 0.833 bits per heavy atom. The molecule has 0 saturated carbocycles. The number of anilines is 2. The van der Waals surface area contributed by atoms with Crippen molar-refractivity contribution in [2.45, 2.75) is 27.2 Å². The summed E-state index contributed by atoms with van der Waals surface area (Å²) in [6, 6.07) is 8.66. The van der Waals surface area contributed by atoms with Crippen LogP contribution in [-0.4, -0.2) is 11.8 Å². The second-order valence-corrected chi connectivity index (χ2v) is 6.58. The molecule has 0 radical (unpaired) electrons. The van der Waals surface area contributed by atoms with Gasteiger partial charge in [-0.15, -0.1) is 0 Å². The van der Waals surface area contributed by atoms with E-state index >= 15 is 0 Å². The van der Waals surface area contributed by atoms with Gasteiger partial charge in [0, 0.05) is 21.4 Å². The molecule has 0 unspecified atom stereocenters. The smallest absolute Gasteiger partial charge is 0.233 e. The van der Waals surface area contributed by atoms with Gasteiger partial charge < -0.3 is 10.6 Å². The maximum Gasteiger partial charge on any atom is 0.233 e. The second-order valence-electron chi connectivity index (χ2n) is 5.70. The van der Waals surface area contributed by atoms with Crippen LogP contribution < -0.4 is 10.6 Å². The van der Waals surface area contributed by atoms with E-state index in [1.165, 1.54) is 0 Å². The Labute approximate surface area is 151 Å². The van der Waals surface area contributed by atoms with Gasteiger partial charge in [0.1, 0.15) is 6.42 Å². The molecule has 2 amide bonds. The van der Waals surface area contributed by atoms with E-state index in [2.05, 4.69) is 10.6 Å². The summed E-state index contributed by atoms with van der Waals surface area (Å²) >= 11 is 11.8. The minimum Gasteiger partial charge on any atom is -0.326 e. The van der Waals surface area contributed by atoms with Crippen LogP contribution in [0.4, 0.5) is 11.4 Å². The lowest BCUT2D eigenvalue weighted by atomic mass is 10.0. The van der Waals surface area contributed by atoms with Crippen LogP contribution in [-0.2, 0) is 9.59 Å². The third-order valence-electron chi connectivity index (χ3n) is 3.41. The summed E-state index contributed by atoms with van der Waals surface area (Å²) in [5.74, 6) is -0.816. The highest BCUT2D eigenvalue weighted by Crippen LogP contribution is 2.23. The Morgan fingerprint density at radius 2 is 1.33 bits per heavy atom. The molecule has 0 fully saturated rings. The molecule has 2 aromatic carbocycles. The van der Waals surface area contributed by atoms with Gasteiger partial charge in [0.15, 0.2) is 0 Å². The van der Waals surface area contributed by atoms with Crippen molar-refractivity contribution < 1.29 is 9.59 Å². The van der Waals surface area contributed by atoms with Gasteiger partial charge in [-0.3, -0.25) is 9.59 Å². The molecular weight excluding hydrogens is 347 g/mol. The van der Waals surface area contributed by atoms with Gasteiger partial charge in [-0.1, -0.05) is 40.9 Å². The molecule has 0 spiro atoms. The zero-order chi connectivity index (χ0) is 17.9. The van der Waals surface area contributed by atoms with Crippen LogP contribution in [0.1, 0.15) is 23.1 Å². The van der Waals surface area contributed by atoms with Crippen molar-refractivity contribution in [3.05, 3.63) is 57.1 Å². The van der Waals surface area contributed by atoms with Crippen LogP contribution in [0.2, 0.25) is 10.0 Å². The Kier molecular flexibility index (Phi) is 5.86. The lowest BCUT2D eigenvalue weighted by molar-refractivity contribution is -0.123. The summed E-state index contributed by atoms with van der Waals surface area (Å²) in [6.45, 7) is 5.84. The minimum absolute atomic E-state index is 0.295. The predicted molar refractivity (Wildman–Crippen MR) is 99.0 cm³/mol. The molecule has 0 aromatic heterocycles. The van der Waals surface area contributed by atoms with Crippen molar-refractivity contribution in [3.63, 3.8) is 0 Å². The minimum atomic E-state index is -0.437. The van der Waals surface area contributed by atoms with Crippen molar-refractivity contribution in [3.8, 4) is 0 Å². The Morgan fingerprint density at radius 3 is 1.88 bits per heavy atom. The van der Waals surface area contributed by atoms with Gasteiger partial charge in [0.05, 0.1) is 0 Å².